The van der Waals surface area contributed by atoms with E-state index in [1.54, 1.807) is 6.07 Å². The van der Waals surface area contributed by atoms with Gasteiger partial charge in [0.05, 0.1) is 0 Å². The lowest BCUT2D eigenvalue weighted by molar-refractivity contribution is 0.440. The molecular formula is C14H9O2. The molecule has 0 aromatic heterocycles. The van der Waals surface area contributed by atoms with E-state index >= 15 is 0 Å². The standard InChI is InChI=1S/C14H9O2/c15-9-16-14-7-3-6-12-11-5-2-1-4-10(11)8-13(12)14/h1-7H,8H2. The van der Waals surface area contributed by atoms with Gasteiger partial charge in [-0.3, -0.25) is 0 Å². The second-order valence-electron chi connectivity index (χ2n) is 3.80. The Balaban J connectivity index is 2.19. The lowest BCUT2D eigenvalue weighted by Crippen LogP contribution is -1.93. The molecule has 16 heavy (non-hydrogen) atoms. The van der Waals surface area contributed by atoms with Crippen molar-refractivity contribution in [1.82, 2.24) is 0 Å². The van der Waals surface area contributed by atoms with Gasteiger partial charge in [0.25, 0.3) is 0 Å². The van der Waals surface area contributed by atoms with E-state index in [1.807, 2.05) is 18.2 Å². The van der Waals surface area contributed by atoms with E-state index in [0.29, 0.717) is 5.75 Å². The second-order valence-corrected chi connectivity index (χ2v) is 3.80. The third-order valence-corrected chi connectivity index (χ3v) is 2.96. The molecule has 0 saturated carbocycles. The van der Waals surface area contributed by atoms with Crippen molar-refractivity contribution in [2.75, 3.05) is 0 Å². The fourth-order valence-corrected chi connectivity index (χ4v) is 2.27. The summed E-state index contributed by atoms with van der Waals surface area (Å²) in [6.07, 6.45) is 0.823. The van der Waals surface area contributed by atoms with E-state index in [1.165, 1.54) is 17.6 Å². The SMILES string of the molecule is O=[C]Oc1cccc2c1Cc1ccccc1-2. The van der Waals surface area contributed by atoms with E-state index in [-0.39, 0.29) is 0 Å². The van der Waals surface area contributed by atoms with Crippen molar-refractivity contribution in [1.29, 1.82) is 0 Å². The third kappa shape index (κ3) is 1.23. The summed E-state index contributed by atoms with van der Waals surface area (Å²) in [6.45, 7) is 1.49. The molecular weight excluding hydrogens is 200 g/mol. The van der Waals surface area contributed by atoms with Crippen molar-refractivity contribution in [2.24, 2.45) is 0 Å². The first-order valence-corrected chi connectivity index (χ1v) is 5.14. The minimum atomic E-state index is 0.615. The summed E-state index contributed by atoms with van der Waals surface area (Å²) in [6, 6.07) is 14.0. The van der Waals surface area contributed by atoms with Gasteiger partial charge in [0.1, 0.15) is 5.75 Å². The van der Waals surface area contributed by atoms with Crippen molar-refractivity contribution in [3.05, 3.63) is 53.6 Å². The number of rotatable bonds is 2. The molecule has 0 bridgehead atoms. The van der Waals surface area contributed by atoms with Crippen molar-refractivity contribution < 1.29 is 9.53 Å². The highest BCUT2D eigenvalue weighted by Crippen LogP contribution is 2.40. The Bertz CT molecular complexity index is 558. The van der Waals surface area contributed by atoms with Gasteiger partial charge in [-0.1, -0.05) is 36.4 Å². The van der Waals surface area contributed by atoms with Crippen LogP contribution in [0.15, 0.2) is 42.5 Å². The highest BCUT2D eigenvalue weighted by atomic mass is 16.5. The van der Waals surface area contributed by atoms with Gasteiger partial charge in [0.2, 0.25) is 0 Å². The van der Waals surface area contributed by atoms with Gasteiger partial charge >= 0.3 is 6.47 Å². The van der Waals surface area contributed by atoms with Gasteiger partial charge in [-0.25, -0.2) is 4.79 Å². The fourth-order valence-electron chi connectivity index (χ4n) is 2.27. The molecule has 2 aromatic carbocycles. The summed E-state index contributed by atoms with van der Waals surface area (Å²) in [5.41, 5.74) is 4.74. The molecule has 1 aliphatic rings. The zero-order valence-electron chi connectivity index (χ0n) is 8.57. The lowest BCUT2D eigenvalue weighted by atomic mass is 10.1. The molecule has 2 heteroatoms. The van der Waals surface area contributed by atoms with E-state index in [9.17, 15) is 4.79 Å². The maximum atomic E-state index is 10.3. The number of hydrogen-bond donors (Lipinski definition) is 0. The second kappa shape index (κ2) is 3.49. The van der Waals surface area contributed by atoms with Crippen LogP contribution in [0.4, 0.5) is 0 Å². The zero-order valence-corrected chi connectivity index (χ0v) is 8.57. The monoisotopic (exact) mass is 209 g/mol. The van der Waals surface area contributed by atoms with Crippen LogP contribution in [0.1, 0.15) is 11.1 Å². The van der Waals surface area contributed by atoms with Gasteiger partial charge in [-0.2, -0.15) is 0 Å². The topological polar surface area (TPSA) is 26.3 Å². The molecule has 0 atom stereocenters. The van der Waals surface area contributed by atoms with Gasteiger partial charge in [-0.05, 0) is 22.8 Å². The van der Waals surface area contributed by atoms with E-state index in [4.69, 9.17) is 4.74 Å². The summed E-state index contributed by atoms with van der Waals surface area (Å²) in [5.74, 6) is 0.615. The molecule has 2 nitrogen and oxygen atoms in total. The summed E-state index contributed by atoms with van der Waals surface area (Å²) in [5, 5.41) is 0. The van der Waals surface area contributed by atoms with Gasteiger partial charge < -0.3 is 4.74 Å². The average Bonchev–Trinajstić information content (AvgIpc) is 2.69. The molecule has 0 spiro atoms. The minimum Gasteiger partial charge on any atom is -0.418 e. The van der Waals surface area contributed by atoms with Crippen LogP contribution in [0.25, 0.3) is 11.1 Å². The first-order valence-electron chi connectivity index (χ1n) is 5.14. The Morgan fingerprint density at radius 3 is 2.69 bits per heavy atom. The number of ether oxygens (including phenoxy) is 1. The average molecular weight is 209 g/mol. The van der Waals surface area contributed by atoms with E-state index < -0.39 is 0 Å². The van der Waals surface area contributed by atoms with Gasteiger partial charge in [-0.15, -0.1) is 0 Å². The number of carbonyl (C=O) groups excluding carboxylic acids is 1. The smallest absolute Gasteiger partial charge is 0.418 e. The van der Waals surface area contributed by atoms with Crippen LogP contribution in [-0.4, -0.2) is 6.47 Å². The lowest BCUT2D eigenvalue weighted by Gasteiger charge is -2.04. The largest absolute Gasteiger partial charge is 0.423 e. The summed E-state index contributed by atoms with van der Waals surface area (Å²) in [7, 11) is 0. The first-order chi connectivity index (χ1) is 7.90. The van der Waals surface area contributed by atoms with Gasteiger partial charge in [0, 0.05) is 12.0 Å². The van der Waals surface area contributed by atoms with Crippen molar-refractivity contribution in [3.8, 4) is 16.9 Å². The van der Waals surface area contributed by atoms with E-state index in [2.05, 4.69) is 18.2 Å². The Morgan fingerprint density at radius 1 is 1.00 bits per heavy atom. The summed E-state index contributed by atoms with van der Waals surface area (Å²) in [4.78, 5) is 10.3. The van der Waals surface area contributed by atoms with E-state index in [0.717, 1.165) is 17.5 Å². The fraction of sp³-hybridized carbons (Fsp3) is 0.0714. The number of fused-ring (bicyclic) bond motifs is 3. The quantitative estimate of drug-likeness (QED) is 0.648. The number of benzene rings is 2. The van der Waals surface area contributed by atoms with Crippen LogP contribution in [-0.2, 0) is 11.2 Å². The molecule has 0 fully saturated rings. The van der Waals surface area contributed by atoms with Crippen molar-refractivity contribution >= 4 is 6.47 Å². The maximum absolute atomic E-state index is 10.3. The predicted octanol–water partition coefficient (Wildman–Crippen LogP) is 2.70. The van der Waals surface area contributed by atoms with Crippen LogP contribution in [0, 0.1) is 0 Å². The van der Waals surface area contributed by atoms with Crippen LogP contribution >= 0.6 is 0 Å². The van der Waals surface area contributed by atoms with Crippen LogP contribution in [0.3, 0.4) is 0 Å². The molecule has 77 valence electrons. The molecule has 2 aromatic rings. The molecule has 0 unspecified atom stereocenters. The Morgan fingerprint density at radius 2 is 1.81 bits per heavy atom. The highest BCUT2D eigenvalue weighted by molar-refractivity contribution is 5.79. The molecule has 0 N–H and O–H groups in total. The first kappa shape index (κ1) is 9.16. The molecule has 0 aliphatic heterocycles. The van der Waals surface area contributed by atoms with Crippen LogP contribution < -0.4 is 4.74 Å². The van der Waals surface area contributed by atoms with Crippen LogP contribution in [0.2, 0.25) is 0 Å². The Labute approximate surface area is 93.5 Å². The predicted molar refractivity (Wildman–Crippen MR) is 61.0 cm³/mol. The molecule has 3 rings (SSSR count). The molecule has 0 heterocycles. The maximum Gasteiger partial charge on any atom is 0.423 e. The normalized spacial score (nSPS) is 11.8. The molecule has 0 saturated heterocycles. The summed E-state index contributed by atoms with van der Waals surface area (Å²) >= 11 is 0. The zero-order chi connectivity index (χ0) is 11.0. The molecule has 1 aliphatic carbocycles. The summed E-state index contributed by atoms with van der Waals surface area (Å²) < 4.78 is 4.87. The number of hydrogen-bond acceptors (Lipinski definition) is 2. The highest BCUT2D eigenvalue weighted by Gasteiger charge is 2.20. The minimum absolute atomic E-state index is 0.615. The Hall–Kier alpha value is -2.09. The van der Waals surface area contributed by atoms with Crippen LogP contribution in [0.5, 0.6) is 5.75 Å². The third-order valence-electron chi connectivity index (χ3n) is 2.96. The van der Waals surface area contributed by atoms with Crippen molar-refractivity contribution in [3.63, 3.8) is 0 Å². The molecule has 1 radical (unpaired) electrons. The van der Waals surface area contributed by atoms with Crippen molar-refractivity contribution in [2.45, 2.75) is 6.42 Å². The van der Waals surface area contributed by atoms with Gasteiger partial charge in [0.15, 0.2) is 0 Å². The Kier molecular flexibility index (Phi) is 2.00. The molecule has 0 amide bonds.